The van der Waals surface area contributed by atoms with Crippen LogP contribution in [0.5, 0.6) is 0 Å². The molecule has 5 heteroatoms. The first kappa shape index (κ1) is 12.1. The molecule has 0 amide bonds. The summed E-state index contributed by atoms with van der Waals surface area (Å²) in [5, 5.41) is 4.44. The number of anilines is 1. The summed E-state index contributed by atoms with van der Waals surface area (Å²) >= 11 is 2.98. The van der Waals surface area contributed by atoms with E-state index >= 15 is 0 Å². The van der Waals surface area contributed by atoms with Crippen LogP contribution in [-0.4, -0.2) is 12.6 Å². The van der Waals surface area contributed by atoms with E-state index in [1.807, 2.05) is 23.8 Å². The lowest BCUT2D eigenvalue weighted by atomic mass is 10.1. The Morgan fingerprint density at radius 1 is 1.47 bits per heavy atom. The van der Waals surface area contributed by atoms with Crippen molar-refractivity contribution in [2.75, 3.05) is 12.3 Å². The summed E-state index contributed by atoms with van der Waals surface area (Å²) in [6, 6.07) is 2.03. The Bertz CT molecular complexity index is 542. The van der Waals surface area contributed by atoms with Gasteiger partial charge in [0.25, 0.3) is 0 Å². The van der Waals surface area contributed by atoms with Crippen molar-refractivity contribution < 1.29 is 9.53 Å². The highest BCUT2D eigenvalue weighted by atomic mass is 32.1. The normalized spacial score (nSPS) is 10.5. The third-order valence-corrected chi connectivity index (χ3v) is 4.27. The van der Waals surface area contributed by atoms with Crippen LogP contribution in [0.15, 0.2) is 16.8 Å². The Hall–Kier alpha value is -1.33. The maximum atomic E-state index is 11.9. The molecule has 0 fully saturated rings. The van der Waals surface area contributed by atoms with E-state index in [1.165, 1.54) is 11.3 Å². The van der Waals surface area contributed by atoms with Crippen LogP contribution in [0.3, 0.4) is 0 Å². The molecule has 17 heavy (non-hydrogen) atoms. The fourth-order valence-electron chi connectivity index (χ4n) is 1.60. The van der Waals surface area contributed by atoms with Crippen molar-refractivity contribution in [2.24, 2.45) is 0 Å². The molecule has 0 aliphatic rings. The van der Waals surface area contributed by atoms with Gasteiger partial charge >= 0.3 is 5.97 Å². The van der Waals surface area contributed by atoms with Crippen molar-refractivity contribution >= 4 is 33.6 Å². The molecule has 0 aromatic carbocycles. The molecule has 2 heterocycles. The minimum Gasteiger partial charge on any atom is -0.462 e. The lowest BCUT2D eigenvalue weighted by molar-refractivity contribution is 0.0529. The number of aryl methyl sites for hydroxylation is 1. The van der Waals surface area contributed by atoms with Crippen LogP contribution in [0.25, 0.3) is 10.4 Å². The van der Waals surface area contributed by atoms with Gasteiger partial charge in [-0.1, -0.05) is 0 Å². The Kier molecular flexibility index (Phi) is 3.49. The fraction of sp³-hybridized carbons (Fsp3) is 0.250. The first-order valence-corrected chi connectivity index (χ1v) is 6.99. The van der Waals surface area contributed by atoms with E-state index in [4.69, 9.17) is 10.5 Å². The molecule has 0 radical (unpaired) electrons. The lowest BCUT2D eigenvalue weighted by Crippen LogP contribution is -2.07. The van der Waals surface area contributed by atoms with Gasteiger partial charge in [0.1, 0.15) is 10.6 Å². The van der Waals surface area contributed by atoms with Crippen LogP contribution in [0.1, 0.15) is 22.8 Å². The predicted molar refractivity (Wildman–Crippen MR) is 72.7 cm³/mol. The SMILES string of the molecule is CCOC(=O)c1c(-c2sccc2C)csc1N. The van der Waals surface area contributed by atoms with Crippen molar-refractivity contribution in [3.8, 4) is 10.4 Å². The number of nitrogen functional groups attached to an aromatic ring is 1. The molecular formula is C12H13NO2S2. The molecule has 0 aliphatic carbocycles. The van der Waals surface area contributed by atoms with Crippen molar-refractivity contribution in [3.05, 3.63) is 28.0 Å². The van der Waals surface area contributed by atoms with E-state index in [2.05, 4.69) is 0 Å². The molecule has 0 unspecified atom stereocenters. The summed E-state index contributed by atoms with van der Waals surface area (Å²) < 4.78 is 5.04. The Balaban J connectivity index is 2.50. The number of hydrogen-bond donors (Lipinski definition) is 1. The first-order valence-electron chi connectivity index (χ1n) is 5.23. The van der Waals surface area contributed by atoms with Gasteiger partial charge in [0.15, 0.2) is 0 Å². The molecule has 2 aromatic heterocycles. The summed E-state index contributed by atoms with van der Waals surface area (Å²) in [4.78, 5) is 12.9. The highest BCUT2D eigenvalue weighted by Crippen LogP contribution is 2.38. The molecule has 2 N–H and O–H groups in total. The number of carbonyl (C=O) groups excluding carboxylic acids is 1. The van der Waals surface area contributed by atoms with Crippen LogP contribution in [0.4, 0.5) is 5.00 Å². The van der Waals surface area contributed by atoms with Gasteiger partial charge in [-0.25, -0.2) is 4.79 Å². The van der Waals surface area contributed by atoms with Crippen LogP contribution in [0, 0.1) is 6.92 Å². The zero-order valence-corrected chi connectivity index (χ0v) is 11.3. The topological polar surface area (TPSA) is 52.3 Å². The first-order chi connectivity index (χ1) is 8.15. The second kappa shape index (κ2) is 4.89. The molecular weight excluding hydrogens is 254 g/mol. The van der Waals surface area contributed by atoms with E-state index in [0.717, 1.165) is 16.0 Å². The summed E-state index contributed by atoms with van der Waals surface area (Å²) in [6.45, 7) is 4.17. The number of nitrogens with two attached hydrogens (primary N) is 1. The van der Waals surface area contributed by atoms with Crippen LogP contribution in [0.2, 0.25) is 0 Å². The highest BCUT2D eigenvalue weighted by molar-refractivity contribution is 7.16. The average molecular weight is 267 g/mol. The molecule has 0 bridgehead atoms. The molecule has 2 rings (SSSR count). The van der Waals surface area contributed by atoms with Crippen LogP contribution < -0.4 is 5.73 Å². The quantitative estimate of drug-likeness (QED) is 0.865. The van der Waals surface area contributed by atoms with Gasteiger partial charge in [-0.15, -0.1) is 22.7 Å². The number of hydrogen-bond acceptors (Lipinski definition) is 5. The molecule has 90 valence electrons. The Morgan fingerprint density at radius 3 is 2.82 bits per heavy atom. The van der Waals surface area contributed by atoms with Gasteiger partial charge in [0.05, 0.1) is 6.61 Å². The maximum absolute atomic E-state index is 11.9. The highest BCUT2D eigenvalue weighted by Gasteiger charge is 2.21. The molecule has 0 saturated heterocycles. The second-order valence-electron chi connectivity index (χ2n) is 3.54. The summed E-state index contributed by atoms with van der Waals surface area (Å²) in [7, 11) is 0. The monoisotopic (exact) mass is 267 g/mol. The minimum absolute atomic E-state index is 0.339. The largest absolute Gasteiger partial charge is 0.462 e. The number of thiophene rings is 2. The average Bonchev–Trinajstić information content (AvgIpc) is 2.84. The van der Waals surface area contributed by atoms with E-state index < -0.39 is 0 Å². The third kappa shape index (κ3) is 2.21. The molecule has 2 aromatic rings. The van der Waals surface area contributed by atoms with Crippen molar-refractivity contribution in [1.29, 1.82) is 0 Å². The van der Waals surface area contributed by atoms with E-state index in [1.54, 1.807) is 18.3 Å². The number of esters is 1. The zero-order chi connectivity index (χ0) is 12.4. The molecule has 0 saturated carbocycles. The van der Waals surface area contributed by atoms with Gasteiger partial charge < -0.3 is 10.5 Å². The van der Waals surface area contributed by atoms with E-state index in [9.17, 15) is 4.79 Å². The number of ether oxygens (including phenoxy) is 1. The van der Waals surface area contributed by atoms with Gasteiger partial charge in [0, 0.05) is 15.8 Å². The van der Waals surface area contributed by atoms with Gasteiger partial charge in [0.2, 0.25) is 0 Å². The third-order valence-electron chi connectivity index (χ3n) is 2.41. The molecule has 0 aliphatic heterocycles. The number of carbonyl (C=O) groups is 1. The molecule has 0 atom stereocenters. The van der Waals surface area contributed by atoms with E-state index in [0.29, 0.717) is 17.2 Å². The maximum Gasteiger partial charge on any atom is 0.341 e. The Labute approximate surface area is 108 Å². The summed E-state index contributed by atoms with van der Waals surface area (Å²) in [6.07, 6.45) is 0. The summed E-state index contributed by atoms with van der Waals surface area (Å²) in [5.41, 5.74) is 8.39. The minimum atomic E-state index is -0.339. The number of rotatable bonds is 3. The van der Waals surface area contributed by atoms with Gasteiger partial charge in [-0.3, -0.25) is 0 Å². The van der Waals surface area contributed by atoms with Crippen molar-refractivity contribution in [3.63, 3.8) is 0 Å². The van der Waals surface area contributed by atoms with Gasteiger partial charge in [-0.05, 0) is 30.9 Å². The molecule has 0 spiro atoms. The standard InChI is InChI=1S/C12H13NO2S2/c1-3-15-12(14)9-8(6-17-11(9)13)10-7(2)4-5-16-10/h4-6H,3,13H2,1-2H3. The van der Waals surface area contributed by atoms with Crippen molar-refractivity contribution in [2.45, 2.75) is 13.8 Å². The fourth-order valence-corrected chi connectivity index (χ4v) is 3.42. The van der Waals surface area contributed by atoms with E-state index in [-0.39, 0.29) is 5.97 Å². The predicted octanol–water partition coefficient (Wildman–Crippen LogP) is 3.54. The Morgan fingerprint density at radius 2 is 2.24 bits per heavy atom. The van der Waals surface area contributed by atoms with Gasteiger partial charge in [-0.2, -0.15) is 0 Å². The zero-order valence-electron chi connectivity index (χ0n) is 9.65. The second-order valence-corrected chi connectivity index (χ2v) is 5.37. The van der Waals surface area contributed by atoms with Crippen molar-refractivity contribution in [1.82, 2.24) is 0 Å². The van der Waals surface area contributed by atoms with Crippen LogP contribution >= 0.6 is 22.7 Å². The lowest BCUT2D eigenvalue weighted by Gasteiger charge is -2.04. The molecule has 3 nitrogen and oxygen atoms in total. The summed E-state index contributed by atoms with van der Waals surface area (Å²) in [5.74, 6) is -0.339. The van der Waals surface area contributed by atoms with Crippen LogP contribution in [-0.2, 0) is 4.74 Å². The smallest absolute Gasteiger partial charge is 0.341 e.